The number of methoxy groups -OCH3 is 1. The fourth-order valence-corrected chi connectivity index (χ4v) is 5.17. The minimum Gasteiger partial charge on any atom is -0.495 e. The average molecular weight is 545 g/mol. The molecule has 0 unspecified atom stereocenters. The Kier molecular flexibility index (Phi) is 8.96. The molecule has 0 saturated carbocycles. The molecule has 4 rings (SSSR count). The number of urea groups is 1. The Morgan fingerprint density at radius 2 is 1.72 bits per heavy atom. The van der Waals surface area contributed by atoms with E-state index in [2.05, 4.69) is 15.6 Å². The molecule has 2 N–H and O–H groups in total. The zero-order valence-electron chi connectivity index (χ0n) is 23.3. The predicted molar refractivity (Wildman–Crippen MR) is 145 cm³/mol. The summed E-state index contributed by atoms with van der Waals surface area (Å²) in [4.78, 5) is 54.7. The first-order chi connectivity index (χ1) is 18.5. The third kappa shape index (κ3) is 7.60. The SMILES string of the molecule is COc1cc(C(=O)N2CCN(CC3CCN(NC(=O)OC(C)(C)C)CC3)CC2)ccc1N1CCC(=O)NC1=O. The Labute approximate surface area is 229 Å². The molecule has 3 saturated heterocycles. The Balaban J connectivity index is 1.24. The quantitative estimate of drug-likeness (QED) is 0.558. The van der Waals surface area contributed by atoms with Crippen LogP contribution < -0.4 is 20.4 Å². The Bertz CT molecular complexity index is 1070. The number of rotatable bonds is 6. The van der Waals surface area contributed by atoms with Gasteiger partial charge in [-0.2, -0.15) is 0 Å². The number of hydrogen-bond acceptors (Lipinski definition) is 8. The molecule has 0 bridgehead atoms. The van der Waals surface area contributed by atoms with Crippen molar-refractivity contribution in [1.29, 1.82) is 0 Å². The lowest BCUT2D eigenvalue weighted by atomic mass is 9.97. The second-order valence-corrected chi connectivity index (χ2v) is 11.3. The lowest BCUT2D eigenvalue weighted by Gasteiger charge is -2.39. The highest BCUT2D eigenvalue weighted by Crippen LogP contribution is 2.31. The zero-order chi connectivity index (χ0) is 28.2. The van der Waals surface area contributed by atoms with E-state index >= 15 is 0 Å². The van der Waals surface area contributed by atoms with Crippen LogP contribution in [0.5, 0.6) is 5.75 Å². The van der Waals surface area contributed by atoms with Crippen LogP contribution in [-0.2, 0) is 9.53 Å². The maximum atomic E-state index is 13.2. The van der Waals surface area contributed by atoms with Gasteiger partial charge in [-0.15, -0.1) is 0 Å². The minimum absolute atomic E-state index is 0.0701. The Morgan fingerprint density at radius 1 is 1.03 bits per heavy atom. The Morgan fingerprint density at radius 3 is 2.33 bits per heavy atom. The van der Waals surface area contributed by atoms with E-state index in [-0.39, 0.29) is 24.8 Å². The van der Waals surface area contributed by atoms with Gasteiger partial charge in [0.15, 0.2) is 0 Å². The number of piperidine rings is 1. The number of piperazine rings is 1. The second-order valence-electron chi connectivity index (χ2n) is 11.3. The number of imide groups is 1. The maximum absolute atomic E-state index is 13.2. The second kappa shape index (κ2) is 12.2. The molecule has 1 aromatic rings. The number of nitrogens with zero attached hydrogens (tertiary/aromatic N) is 4. The molecule has 0 radical (unpaired) electrons. The van der Waals surface area contributed by atoms with Crippen LogP contribution in [0.4, 0.5) is 15.3 Å². The summed E-state index contributed by atoms with van der Waals surface area (Å²) < 4.78 is 10.8. The van der Waals surface area contributed by atoms with Gasteiger partial charge >= 0.3 is 12.1 Å². The van der Waals surface area contributed by atoms with Gasteiger partial charge in [0.1, 0.15) is 11.4 Å². The fraction of sp³-hybridized carbons (Fsp3) is 0.630. The van der Waals surface area contributed by atoms with Gasteiger partial charge < -0.3 is 14.4 Å². The van der Waals surface area contributed by atoms with E-state index in [4.69, 9.17) is 9.47 Å². The highest BCUT2D eigenvalue weighted by Gasteiger charge is 2.29. The van der Waals surface area contributed by atoms with Crippen molar-refractivity contribution < 1.29 is 28.7 Å². The highest BCUT2D eigenvalue weighted by atomic mass is 16.6. The van der Waals surface area contributed by atoms with E-state index in [9.17, 15) is 19.2 Å². The van der Waals surface area contributed by atoms with Gasteiger partial charge in [0.25, 0.3) is 5.91 Å². The number of carbonyl (C=O) groups excluding carboxylic acids is 4. The summed E-state index contributed by atoms with van der Waals surface area (Å²) in [6.45, 7) is 11.2. The Hall–Kier alpha value is -3.38. The first kappa shape index (κ1) is 28.6. The maximum Gasteiger partial charge on any atom is 0.422 e. The van der Waals surface area contributed by atoms with E-state index in [0.717, 1.165) is 45.6 Å². The number of carbonyl (C=O) groups is 4. The van der Waals surface area contributed by atoms with Crippen LogP contribution in [0, 0.1) is 5.92 Å². The van der Waals surface area contributed by atoms with E-state index in [1.807, 2.05) is 30.7 Å². The van der Waals surface area contributed by atoms with Crippen molar-refractivity contribution in [1.82, 2.24) is 25.6 Å². The molecular formula is C27H40N6O6. The molecule has 1 aromatic carbocycles. The van der Waals surface area contributed by atoms with Gasteiger partial charge in [-0.1, -0.05) is 0 Å². The van der Waals surface area contributed by atoms with Crippen molar-refractivity contribution in [3.63, 3.8) is 0 Å². The van der Waals surface area contributed by atoms with Crippen molar-refractivity contribution in [2.75, 3.05) is 64.4 Å². The van der Waals surface area contributed by atoms with Gasteiger partial charge in [-0.3, -0.25) is 30.1 Å². The largest absolute Gasteiger partial charge is 0.495 e. The van der Waals surface area contributed by atoms with E-state index in [0.29, 0.717) is 36.0 Å². The molecule has 5 amide bonds. The standard InChI is InChI=1S/C27H40N6O6/c1-27(2,3)39-26(37)29-32-10-7-19(8-11-32)18-30-13-15-31(16-14-30)24(35)20-5-6-21(22(17-20)38-4)33-12-9-23(34)28-25(33)36/h5-6,17,19H,7-16,18H2,1-4H3,(H,29,37)(H,28,34,36). The van der Waals surface area contributed by atoms with Crippen molar-refractivity contribution in [3.8, 4) is 5.75 Å². The first-order valence-corrected chi connectivity index (χ1v) is 13.6. The molecule has 0 aliphatic carbocycles. The summed E-state index contributed by atoms with van der Waals surface area (Å²) in [7, 11) is 1.50. The van der Waals surface area contributed by atoms with Crippen LogP contribution in [0.2, 0.25) is 0 Å². The van der Waals surface area contributed by atoms with E-state index in [1.165, 1.54) is 12.0 Å². The third-order valence-electron chi connectivity index (χ3n) is 7.21. The third-order valence-corrected chi connectivity index (χ3v) is 7.21. The molecule has 12 nitrogen and oxygen atoms in total. The van der Waals surface area contributed by atoms with Crippen molar-refractivity contribution in [2.45, 2.75) is 45.6 Å². The summed E-state index contributed by atoms with van der Waals surface area (Å²) in [5.41, 5.74) is 3.35. The molecule has 0 aromatic heterocycles. The van der Waals surface area contributed by atoms with Gasteiger partial charge in [0.2, 0.25) is 5.91 Å². The number of ether oxygens (including phenoxy) is 2. The lowest BCUT2D eigenvalue weighted by molar-refractivity contribution is -0.120. The summed E-state index contributed by atoms with van der Waals surface area (Å²) in [5, 5.41) is 4.24. The highest BCUT2D eigenvalue weighted by molar-refractivity contribution is 6.06. The molecule has 3 aliphatic heterocycles. The van der Waals surface area contributed by atoms with Gasteiger partial charge in [0.05, 0.1) is 12.8 Å². The average Bonchev–Trinajstić information content (AvgIpc) is 2.88. The molecular weight excluding hydrogens is 504 g/mol. The van der Waals surface area contributed by atoms with Gasteiger partial charge in [-0.25, -0.2) is 14.6 Å². The monoisotopic (exact) mass is 544 g/mol. The number of hydrogen-bond donors (Lipinski definition) is 2. The molecule has 3 aliphatic rings. The summed E-state index contributed by atoms with van der Waals surface area (Å²) in [6, 6.07) is 4.56. The van der Waals surface area contributed by atoms with Gasteiger partial charge in [0, 0.05) is 64.3 Å². The zero-order valence-corrected chi connectivity index (χ0v) is 23.3. The van der Waals surface area contributed by atoms with E-state index < -0.39 is 17.7 Å². The summed E-state index contributed by atoms with van der Waals surface area (Å²) in [5.74, 6) is 0.584. The number of hydrazine groups is 1. The van der Waals surface area contributed by atoms with Crippen LogP contribution in [0.15, 0.2) is 18.2 Å². The normalized spacial score (nSPS) is 20.0. The molecule has 3 fully saturated rings. The number of amides is 5. The first-order valence-electron chi connectivity index (χ1n) is 13.6. The fourth-order valence-electron chi connectivity index (χ4n) is 5.17. The van der Waals surface area contributed by atoms with Crippen LogP contribution >= 0.6 is 0 Å². The molecule has 12 heteroatoms. The number of nitrogens with one attached hydrogen (secondary N) is 2. The van der Waals surface area contributed by atoms with Crippen molar-refractivity contribution in [2.24, 2.45) is 5.92 Å². The number of anilines is 1. The molecule has 3 heterocycles. The van der Waals surface area contributed by atoms with Crippen LogP contribution in [0.25, 0.3) is 0 Å². The summed E-state index contributed by atoms with van der Waals surface area (Å²) >= 11 is 0. The smallest absolute Gasteiger partial charge is 0.422 e. The van der Waals surface area contributed by atoms with Crippen LogP contribution in [0.3, 0.4) is 0 Å². The molecule has 0 spiro atoms. The van der Waals surface area contributed by atoms with Crippen LogP contribution in [0.1, 0.15) is 50.4 Å². The van der Waals surface area contributed by atoms with E-state index in [1.54, 1.807) is 18.2 Å². The molecule has 39 heavy (non-hydrogen) atoms. The molecule has 0 atom stereocenters. The summed E-state index contributed by atoms with van der Waals surface area (Å²) in [6.07, 6.45) is 1.78. The van der Waals surface area contributed by atoms with Crippen molar-refractivity contribution >= 4 is 29.6 Å². The number of benzene rings is 1. The van der Waals surface area contributed by atoms with Crippen molar-refractivity contribution in [3.05, 3.63) is 23.8 Å². The van der Waals surface area contributed by atoms with Gasteiger partial charge in [-0.05, 0) is 57.7 Å². The lowest BCUT2D eigenvalue weighted by Crippen LogP contribution is -2.52. The predicted octanol–water partition coefficient (Wildman–Crippen LogP) is 2.05. The topological polar surface area (TPSA) is 124 Å². The minimum atomic E-state index is -0.518. The molecule has 214 valence electrons. The van der Waals surface area contributed by atoms with Crippen LogP contribution in [-0.4, -0.2) is 104 Å².